The average Bonchev–Trinajstić information content (AvgIpc) is 2.30. The van der Waals surface area contributed by atoms with Crippen LogP contribution in [0.3, 0.4) is 0 Å². The predicted octanol–water partition coefficient (Wildman–Crippen LogP) is 2.67. The number of benzene rings is 1. The molecule has 90 valence electrons. The molecule has 0 amide bonds. The number of hydrogen-bond donors (Lipinski definition) is 2. The predicted molar refractivity (Wildman–Crippen MR) is 68.4 cm³/mol. The molecule has 0 aliphatic rings. The zero-order valence-electron chi connectivity index (χ0n) is 10.3. The standard InChI is InChI=1S/C14H23NO/c1-3-7-13(15)14(16)10-11(2)12-8-5-4-6-9-12/h4-6,8-9,11,13-14,16H,3,7,10,15H2,1-2H3. The molecule has 0 radical (unpaired) electrons. The van der Waals surface area contributed by atoms with Crippen LogP contribution in [-0.4, -0.2) is 17.3 Å². The van der Waals surface area contributed by atoms with E-state index in [1.54, 1.807) is 0 Å². The third-order valence-corrected chi connectivity index (χ3v) is 3.08. The molecule has 0 saturated heterocycles. The molecule has 2 nitrogen and oxygen atoms in total. The Kier molecular flexibility index (Phi) is 5.50. The first kappa shape index (κ1) is 13.2. The highest BCUT2D eigenvalue weighted by molar-refractivity contribution is 5.18. The molecule has 3 atom stereocenters. The minimum atomic E-state index is -0.393. The van der Waals surface area contributed by atoms with Crippen molar-refractivity contribution in [2.45, 2.75) is 51.2 Å². The van der Waals surface area contributed by atoms with Crippen LogP contribution in [-0.2, 0) is 0 Å². The van der Waals surface area contributed by atoms with Crippen molar-refractivity contribution in [2.75, 3.05) is 0 Å². The van der Waals surface area contributed by atoms with Gasteiger partial charge in [0.05, 0.1) is 6.10 Å². The molecule has 0 heterocycles. The summed E-state index contributed by atoms with van der Waals surface area (Å²) in [4.78, 5) is 0. The summed E-state index contributed by atoms with van der Waals surface area (Å²) in [6, 6.07) is 10.2. The van der Waals surface area contributed by atoms with Crippen LogP contribution < -0.4 is 5.73 Å². The molecule has 3 unspecified atom stereocenters. The third kappa shape index (κ3) is 3.95. The lowest BCUT2D eigenvalue weighted by molar-refractivity contribution is 0.124. The van der Waals surface area contributed by atoms with Crippen LogP contribution in [0, 0.1) is 0 Å². The molecular weight excluding hydrogens is 198 g/mol. The maximum Gasteiger partial charge on any atom is 0.0696 e. The van der Waals surface area contributed by atoms with E-state index in [1.165, 1.54) is 5.56 Å². The lowest BCUT2D eigenvalue weighted by atomic mass is 9.91. The molecule has 0 fully saturated rings. The van der Waals surface area contributed by atoms with Crippen LogP contribution in [0.2, 0.25) is 0 Å². The van der Waals surface area contributed by atoms with Gasteiger partial charge < -0.3 is 10.8 Å². The molecule has 1 rings (SSSR count). The van der Waals surface area contributed by atoms with Gasteiger partial charge >= 0.3 is 0 Å². The molecule has 0 aliphatic heterocycles. The maximum absolute atomic E-state index is 9.96. The summed E-state index contributed by atoms with van der Waals surface area (Å²) in [5, 5.41) is 9.96. The van der Waals surface area contributed by atoms with Crippen molar-refractivity contribution in [2.24, 2.45) is 5.73 Å². The summed E-state index contributed by atoms with van der Waals surface area (Å²) in [5.74, 6) is 0.360. The van der Waals surface area contributed by atoms with Crippen LogP contribution in [0.4, 0.5) is 0 Å². The molecule has 0 bridgehead atoms. The molecule has 3 N–H and O–H groups in total. The zero-order chi connectivity index (χ0) is 12.0. The Labute approximate surface area is 98.5 Å². The quantitative estimate of drug-likeness (QED) is 0.775. The number of nitrogens with two attached hydrogens (primary N) is 1. The zero-order valence-corrected chi connectivity index (χ0v) is 10.3. The van der Waals surface area contributed by atoms with Crippen LogP contribution in [0.5, 0.6) is 0 Å². The Morgan fingerprint density at radius 2 is 1.88 bits per heavy atom. The molecule has 0 aliphatic carbocycles. The number of hydrogen-bond acceptors (Lipinski definition) is 2. The van der Waals surface area contributed by atoms with E-state index in [1.807, 2.05) is 18.2 Å². The molecule has 0 aromatic heterocycles. The van der Waals surface area contributed by atoms with Crippen molar-refractivity contribution >= 4 is 0 Å². The SMILES string of the molecule is CCCC(N)C(O)CC(C)c1ccccc1. The first-order chi connectivity index (χ1) is 7.65. The Bertz CT molecular complexity index is 286. The van der Waals surface area contributed by atoms with Gasteiger partial charge in [-0.1, -0.05) is 50.6 Å². The normalized spacial score (nSPS) is 16.8. The number of rotatable bonds is 6. The van der Waals surface area contributed by atoms with Crippen molar-refractivity contribution in [1.29, 1.82) is 0 Å². The highest BCUT2D eigenvalue weighted by Crippen LogP contribution is 2.21. The van der Waals surface area contributed by atoms with Gasteiger partial charge in [0.25, 0.3) is 0 Å². The Balaban J connectivity index is 2.48. The smallest absolute Gasteiger partial charge is 0.0696 e. The highest BCUT2D eigenvalue weighted by atomic mass is 16.3. The van der Waals surface area contributed by atoms with Crippen molar-refractivity contribution in [3.63, 3.8) is 0 Å². The van der Waals surface area contributed by atoms with E-state index >= 15 is 0 Å². The van der Waals surface area contributed by atoms with Crippen LogP contribution in [0.1, 0.15) is 44.6 Å². The van der Waals surface area contributed by atoms with Crippen LogP contribution in [0.25, 0.3) is 0 Å². The van der Waals surface area contributed by atoms with Crippen molar-refractivity contribution in [3.05, 3.63) is 35.9 Å². The fourth-order valence-corrected chi connectivity index (χ4v) is 1.98. The van der Waals surface area contributed by atoms with E-state index in [2.05, 4.69) is 26.0 Å². The summed E-state index contributed by atoms with van der Waals surface area (Å²) < 4.78 is 0. The molecule has 1 aromatic rings. The van der Waals surface area contributed by atoms with E-state index in [0.29, 0.717) is 5.92 Å². The second-order valence-corrected chi connectivity index (χ2v) is 4.57. The maximum atomic E-state index is 9.96. The molecule has 2 heteroatoms. The second-order valence-electron chi connectivity index (χ2n) is 4.57. The average molecular weight is 221 g/mol. The van der Waals surface area contributed by atoms with Crippen molar-refractivity contribution in [1.82, 2.24) is 0 Å². The van der Waals surface area contributed by atoms with Gasteiger partial charge in [-0.3, -0.25) is 0 Å². The van der Waals surface area contributed by atoms with E-state index in [-0.39, 0.29) is 6.04 Å². The summed E-state index contributed by atoms with van der Waals surface area (Å²) in [6.07, 6.45) is 2.27. The lowest BCUT2D eigenvalue weighted by Gasteiger charge is -2.22. The van der Waals surface area contributed by atoms with E-state index in [4.69, 9.17) is 5.73 Å². The van der Waals surface area contributed by atoms with Crippen molar-refractivity contribution < 1.29 is 5.11 Å². The van der Waals surface area contributed by atoms with E-state index in [0.717, 1.165) is 19.3 Å². The first-order valence-corrected chi connectivity index (χ1v) is 6.13. The summed E-state index contributed by atoms with van der Waals surface area (Å²) in [6.45, 7) is 4.23. The second kappa shape index (κ2) is 6.66. The summed E-state index contributed by atoms with van der Waals surface area (Å²) in [5.41, 5.74) is 7.17. The van der Waals surface area contributed by atoms with Gasteiger partial charge in [-0.15, -0.1) is 0 Å². The Morgan fingerprint density at radius 3 is 2.44 bits per heavy atom. The largest absolute Gasteiger partial charge is 0.391 e. The first-order valence-electron chi connectivity index (χ1n) is 6.13. The van der Waals surface area contributed by atoms with E-state index in [9.17, 15) is 5.11 Å². The molecule has 0 saturated carbocycles. The van der Waals surface area contributed by atoms with Gasteiger partial charge in [-0.05, 0) is 24.3 Å². The Hall–Kier alpha value is -0.860. The fraction of sp³-hybridized carbons (Fsp3) is 0.571. The number of aliphatic hydroxyl groups excluding tert-OH is 1. The highest BCUT2D eigenvalue weighted by Gasteiger charge is 2.17. The molecule has 1 aromatic carbocycles. The third-order valence-electron chi connectivity index (χ3n) is 3.08. The van der Waals surface area contributed by atoms with Gasteiger partial charge in [0.15, 0.2) is 0 Å². The summed E-state index contributed by atoms with van der Waals surface area (Å²) >= 11 is 0. The minimum Gasteiger partial charge on any atom is -0.391 e. The monoisotopic (exact) mass is 221 g/mol. The number of aliphatic hydroxyl groups is 1. The van der Waals surface area contributed by atoms with Gasteiger partial charge in [0.2, 0.25) is 0 Å². The van der Waals surface area contributed by atoms with Crippen LogP contribution >= 0.6 is 0 Å². The van der Waals surface area contributed by atoms with Gasteiger partial charge in [-0.2, -0.15) is 0 Å². The van der Waals surface area contributed by atoms with Crippen LogP contribution in [0.15, 0.2) is 30.3 Å². The van der Waals surface area contributed by atoms with Gasteiger partial charge in [0, 0.05) is 6.04 Å². The van der Waals surface area contributed by atoms with Crippen molar-refractivity contribution in [3.8, 4) is 0 Å². The van der Waals surface area contributed by atoms with E-state index < -0.39 is 6.10 Å². The Morgan fingerprint density at radius 1 is 1.25 bits per heavy atom. The fourth-order valence-electron chi connectivity index (χ4n) is 1.98. The molecular formula is C14H23NO. The van der Waals surface area contributed by atoms with Gasteiger partial charge in [-0.25, -0.2) is 0 Å². The minimum absolute atomic E-state index is 0.0869. The summed E-state index contributed by atoms with van der Waals surface area (Å²) in [7, 11) is 0. The molecule has 0 spiro atoms. The molecule has 16 heavy (non-hydrogen) atoms. The lowest BCUT2D eigenvalue weighted by Crippen LogP contribution is -2.35. The topological polar surface area (TPSA) is 46.2 Å². The van der Waals surface area contributed by atoms with Gasteiger partial charge in [0.1, 0.15) is 0 Å².